The number of methoxy groups -OCH3 is 1. The van der Waals surface area contributed by atoms with Crippen LogP contribution in [0.4, 0.5) is 0 Å². The average Bonchev–Trinajstić information content (AvgIpc) is 2.90. The molecule has 1 atom stereocenters. The molecule has 1 unspecified atom stereocenters. The largest absolute Gasteiger partial charge is 0.373 e. The second-order valence-electron chi connectivity index (χ2n) is 5.78. The fraction of sp³-hybridized carbons (Fsp3) is 0.733. The van der Waals surface area contributed by atoms with Gasteiger partial charge in [-0.1, -0.05) is 19.3 Å². The predicted octanol–water partition coefficient (Wildman–Crippen LogP) is 2.53. The molecule has 0 radical (unpaired) electrons. The topological polar surface area (TPSA) is 55.0 Å². The van der Waals surface area contributed by atoms with Crippen molar-refractivity contribution in [2.45, 2.75) is 57.5 Å². The Morgan fingerprint density at radius 2 is 2.00 bits per heavy atom. The van der Waals surface area contributed by atoms with E-state index in [0.717, 1.165) is 36.3 Å². The van der Waals surface area contributed by atoms with Crippen LogP contribution in [0.25, 0.3) is 0 Å². The summed E-state index contributed by atoms with van der Waals surface area (Å²) >= 11 is 0. The number of H-pyrrole nitrogens is 1. The Kier molecular flexibility index (Phi) is 3.69. The van der Waals surface area contributed by atoms with Gasteiger partial charge >= 0.3 is 0 Å². The van der Waals surface area contributed by atoms with E-state index in [9.17, 15) is 4.79 Å². The minimum atomic E-state index is -0.0427. The highest BCUT2D eigenvalue weighted by molar-refractivity contribution is 5.23. The zero-order valence-corrected chi connectivity index (χ0v) is 11.6. The first-order valence-corrected chi connectivity index (χ1v) is 7.44. The van der Waals surface area contributed by atoms with Crippen molar-refractivity contribution in [2.75, 3.05) is 7.11 Å². The molecule has 3 rings (SSSR count). The lowest BCUT2D eigenvalue weighted by Gasteiger charge is -2.28. The number of hydrogen-bond acceptors (Lipinski definition) is 3. The monoisotopic (exact) mass is 262 g/mol. The van der Waals surface area contributed by atoms with Crippen LogP contribution in [-0.2, 0) is 17.6 Å². The van der Waals surface area contributed by atoms with Crippen molar-refractivity contribution >= 4 is 0 Å². The van der Waals surface area contributed by atoms with Crippen molar-refractivity contribution in [1.29, 1.82) is 0 Å². The lowest BCUT2D eigenvalue weighted by Crippen LogP contribution is -2.25. The normalized spacial score (nSPS) is 21.3. The summed E-state index contributed by atoms with van der Waals surface area (Å²) in [5.41, 5.74) is 1.94. The molecule has 2 aliphatic carbocycles. The highest BCUT2D eigenvalue weighted by Gasteiger charge is 2.28. The molecule has 1 fully saturated rings. The van der Waals surface area contributed by atoms with E-state index in [1.165, 1.54) is 32.1 Å². The van der Waals surface area contributed by atoms with Gasteiger partial charge in [0.15, 0.2) is 0 Å². The number of aromatic nitrogens is 2. The summed E-state index contributed by atoms with van der Waals surface area (Å²) in [7, 11) is 1.73. The highest BCUT2D eigenvalue weighted by atomic mass is 16.5. The van der Waals surface area contributed by atoms with Crippen LogP contribution in [0.15, 0.2) is 4.79 Å². The van der Waals surface area contributed by atoms with E-state index >= 15 is 0 Å². The smallest absolute Gasteiger partial charge is 0.254 e. The van der Waals surface area contributed by atoms with Gasteiger partial charge in [-0.3, -0.25) is 4.79 Å². The van der Waals surface area contributed by atoms with Crippen molar-refractivity contribution in [3.8, 4) is 0 Å². The SMILES string of the molecule is COC(c1nc2c(c(=O)[nH]1)CCC2)C1CCCCC1. The van der Waals surface area contributed by atoms with Crippen molar-refractivity contribution in [3.05, 3.63) is 27.4 Å². The quantitative estimate of drug-likeness (QED) is 0.910. The number of fused-ring (bicyclic) bond motifs is 1. The first-order chi connectivity index (χ1) is 9.29. The van der Waals surface area contributed by atoms with Crippen LogP contribution >= 0.6 is 0 Å². The molecule has 2 aliphatic rings. The number of nitrogens with one attached hydrogen (secondary N) is 1. The van der Waals surface area contributed by atoms with Crippen LogP contribution in [0.1, 0.15) is 61.7 Å². The average molecular weight is 262 g/mol. The van der Waals surface area contributed by atoms with Crippen LogP contribution in [0.3, 0.4) is 0 Å². The molecule has 1 aromatic heterocycles. The first-order valence-electron chi connectivity index (χ1n) is 7.44. The van der Waals surface area contributed by atoms with Crippen LogP contribution in [0.2, 0.25) is 0 Å². The van der Waals surface area contributed by atoms with E-state index in [1.807, 2.05) is 0 Å². The number of hydrogen-bond donors (Lipinski definition) is 1. The standard InChI is InChI=1S/C15H22N2O2/c1-19-13(10-6-3-2-4-7-10)14-16-12-9-5-8-11(12)15(18)17-14/h10,13H,2-9H2,1H3,(H,16,17,18). The molecule has 19 heavy (non-hydrogen) atoms. The van der Waals surface area contributed by atoms with Gasteiger partial charge in [-0.2, -0.15) is 0 Å². The maximum absolute atomic E-state index is 12.1. The Morgan fingerprint density at radius 1 is 1.21 bits per heavy atom. The molecule has 1 N–H and O–H groups in total. The third-order valence-electron chi connectivity index (χ3n) is 4.56. The third kappa shape index (κ3) is 2.46. The molecular weight excluding hydrogens is 240 g/mol. The Morgan fingerprint density at radius 3 is 2.74 bits per heavy atom. The highest BCUT2D eigenvalue weighted by Crippen LogP contribution is 2.35. The molecule has 0 saturated heterocycles. The van der Waals surface area contributed by atoms with Crippen molar-refractivity contribution < 1.29 is 4.74 Å². The molecule has 1 saturated carbocycles. The molecule has 1 aromatic rings. The fourth-order valence-electron chi connectivity index (χ4n) is 3.56. The van der Waals surface area contributed by atoms with Gasteiger partial charge in [0.2, 0.25) is 0 Å². The van der Waals surface area contributed by atoms with Crippen molar-refractivity contribution in [2.24, 2.45) is 5.92 Å². The van der Waals surface area contributed by atoms with E-state index in [-0.39, 0.29) is 11.7 Å². The molecule has 0 bridgehead atoms. The van der Waals surface area contributed by atoms with Gasteiger partial charge in [-0.15, -0.1) is 0 Å². The lowest BCUT2D eigenvalue weighted by molar-refractivity contribution is 0.0286. The van der Waals surface area contributed by atoms with Crippen molar-refractivity contribution in [1.82, 2.24) is 9.97 Å². The second kappa shape index (κ2) is 5.45. The molecular formula is C15H22N2O2. The molecule has 104 valence electrons. The van der Waals surface area contributed by atoms with E-state index < -0.39 is 0 Å². The summed E-state index contributed by atoms with van der Waals surface area (Å²) in [6.07, 6.45) is 9.03. The summed E-state index contributed by atoms with van der Waals surface area (Å²) in [6, 6.07) is 0. The predicted molar refractivity (Wildman–Crippen MR) is 73.2 cm³/mol. The molecule has 1 heterocycles. The minimum Gasteiger partial charge on any atom is -0.373 e. The van der Waals surface area contributed by atoms with E-state index in [4.69, 9.17) is 4.74 Å². The van der Waals surface area contributed by atoms with Gasteiger partial charge in [0.25, 0.3) is 5.56 Å². The lowest BCUT2D eigenvalue weighted by atomic mass is 9.85. The maximum Gasteiger partial charge on any atom is 0.254 e. The van der Waals surface area contributed by atoms with Gasteiger partial charge < -0.3 is 9.72 Å². The Balaban J connectivity index is 1.91. The van der Waals surface area contributed by atoms with E-state index in [0.29, 0.717) is 5.92 Å². The second-order valence-corrected chi connectivity index (χ2v) is 5.78. The third-order valence-corrected chi connectivity index (χ3v) is 4.56. The molecule has 0 aromatic carbocycles. The fourth-order valence-corrected chi connectivity index (χ4v) is 3.56. The summed E-state index contributed by atoms with van der Waals surface area (Å²) in [5.74, 6) is 1.25. The Bertz CT molecular complexity index is 503. The van der Waals surface area contributed by atoms with Gasteiger partial charge in [-0.25, -0.2) is 4.98 Å². The summed E-state index contributed by atoms with van der Waals surface area (Å²) in [5, 5.41) is 0. The molecule has 4 heteroatoms. The zero-order chi connectivity index (χ0) is 13.2. The van der Waals surface area contributed by atoms with E-state index in [2.05, 4.69) is 9.97 Å². The summed E-state index contributed by atoms with van der Waals surface area (Å²) < 4.78 is 5.66. The number of aryl methyl sites for hydroxylation is 1. The number of rotatable bonds is 3. The number of ether oxygens (including phenoxy) is 1. The summed E-state index contributed by atoms with van der Waals surface area (Å²) in [4.78, 5) is 19.7. The van der Waals surface area contributed by atoms with Gasteiger partial charge in [0.1, 0.15) is 11.9 Å². The number of nitrogens with zero attached hydrogens (tertiary/aromatic N) is 1. The number of aromatic amines is 1. The Hall–Kier alpha value is -1.16. The van der Waals surface area contributed by atoms with Crippen LogP contribution in [0.5, 0.6) is 0 Å². The van der Waals surface area contributed by atoms with E-state index in [1.54, 1.807) is 7.11 Å². The van der Waals surface area contributed by atoms with Crippen LogP contribution in [0, 0.1) is 5.92 Å². The van der Waals surface area contributed by atoms with Crippen LogP contribution in [-0.4, -0.2) is 17.1 Å². The molecule has 4 nitrogen and oxygen atoms in total. The molecule has 0 aliphatic heterocycles. The molecule has 0 spiro atoms. The first kappa shape index (κ1) is 12.9. The van der Waals surface area contributed by atoms with Crippen LogP contribution < -0.4 is 5.56 Å². The zero-order valence-electron chi connectivity index (χ0n) is 11.6. The summed E-state index contributed by atoms with van der Waals surface area (Å²) in [6.45, 7) is 0. The van der Waals surface area contributed by atoms with Gasteiger partial charge in [-0.05, 0) is 38.0 Å². The Labute approximate surface area is 113 Å². The minimum absolute atomic E-state index is 0.0427. The van der Waals surface area contributed by atoms with Gasteiger partial charge in [0.05, 0.1) is 5.69 Å². The molecule has 0 amide bonds. The van der Waals surface area contributed by atoms with Crippen molar-refractivity contribution in [3.63, 3.8) is 0 Å². The maximum atomic E-state index is 12.1. The van der Waals surface area contributed by atoms with Gasteiger partial charge in [0, 0.05) is 12.7 Å².